The number of likely N-dealkylation sites (N-methyl/N-ethyl adjacent to an activating group) is 1. The molecular formula is C14H19FN2O2. The second-order valence-electron chi connectivity index (χ2n) is 4.98. The van der Waals surface area contributed by atoms with Crippen LogP contribution in [0.25, 0.3) is 0 Å². The highest BCUT2D eigenvalue weighted by Crippen LogP contribution is 2.28. The lowest BCUT2D eigenvalue weighted by Crippen LogP contribution is -2.31. The van der Waals surface area contributed by atoms with Crippen LogP contribution < -0.4 is 5.73 Å². The third-order valence-electron chi connectivity index (χ3n) is 3.21. The molecule has 1 aliphatic carbocycles. The van der Waals surface area contributed by atoms with Gasteiger partial charge in [0.2, 0.25) is 0 Å². The molecule has 4 nitrogen and oxygen atoms in total. The lowest BCUT2D eigenvalue weighted by Gasteiger charge is -2.18. The molecule has 1 aromatic carbocycles. The van der Waals surface area contributed by atoms with Gasteiger partial charge in [0, 0.05) is 25.9 Å². The van der Waals surface area contributed by atoms with E-state index in [1.807, 2.05) is 0 Å². The van der Waals surface area contributed by atoms with Crippen LogP contribution in [-0.2, 0) is 4.74 Å². The van der Waals surface area contributed by atoms with Gasteiger partial charge in [-0.05, 0) is 37.0 Å². The lowest BCUT2D eigenvalue weighted by atomic mass is 10.1. The van der Waals surface area contributed by atoms with Gasteiger partial charge in [-0.3, -0.25) is 4.79 Å². The van der Waals surface area contributed by atoms with E-state index in [9.17, 15) is 9.18 Å². The third kappa shape index (κ3) is 3.92. The lowest BCUT2D eigenvalue weighted by molar-refractivity contribution is 0.0681. The zero-order valence-electron chi connectivity index (χ0n) is 11.1. The molecule has 0 aromatic heterocycles. The highest BCUT2D eigenvalue weighted by molar-refractivity contribution is 5.98. The van der Waals surface area contributed by atoms with Crippen molar-refractivity contribution in [2.24, 2.45) is 5.92 Å². The summed E-state index contributed by atoms with van der Waals surface area (Å²) in [7, 11) is 1.66. The summed E-state index contributed by atoms with van der Waals surface area (Å²) < 4.78 is 18.6. The topological polar surface area (TPSA) is 55.6 Å². The number of amides is 1. The molecule has 0 unspecified atom stereocenters. The molecule has 1 aromatic rings. The molecule has 0 spiro atoms. The van der Waals surface area contributed by atoms with Gasteiger partial charge in [0.05, 0.1) is 12.2 Å². The van der Waals surface area contributed by atoms with Crippen molar-refractivity contribution in [3.63, 3.8) is 0 Å². The van der Waals surface area contributed by atoms with Crippen LogP contribution in [0, 0.1) is 11.7 Å². The SMILES string of the molecule is CN(CCOCC1CC1)C(=O)c1cc(F)ccc1N. The molecule has 5 heteroatoms. The van der Waals surface area contributed by atoms with E-state index in [1.54, 1.807) is 7.05 Å². The Balaban J connectivity index is 1.84. The first-order valence-corrected chi connectivity index (χ1v) is 6.46. The minimum absolute atomic E-state index is 0.199. The average Bonchev–Trinajstić information content (AvgIpc) is 3.20. The summed E-state index contributed by atoms with van der Waals surface area (Å²) in [5.41, 5.74) is 6.17. The summed E-state index contributed by atoms with van der Waals surface area (Å²) >= 11 is 0. The molecule has 1 saturated carbocycles. The van der Waals surface area contributed by atoms with E-state index in [-0.39, 0.29) is 17.2 Å². The molecule has 0 heterocycles. The normalized spacial score (nSPS) is 14.4. The highest BCUT2D eigenvalue weighted by atomic mass is 19.1. The Labute approximate surface area is 112 Å². The first-order valence-electron chi connectivity index (χ1n) is 6.46. The second kappa shape index (κ2) is 6.02. The molecule has 2 N–H and O–H groups in total. The van der Waals surface area contributed by atoms with Gasteiger partial charge in [0.15, 0.2) is 0 Å². The second-order valence-corrected chi connectivity index (χ2v) is 4.98. The number of rotatable bonds is 6. The predicted octanol–water partition coefficient (Wildman–Crippen LogP) is 1.91. The maximum absolute atomic E-state index is 13.1. The van der Waals surface area contributed by atoms with Crippen molar-refractivity contribution in [2.45, 2.75) is 12.8 Å². The number of nitrogens with zero attached hydrogens (tertiary/aromatic N) is 1. The molecule has 1 fully saturated rings. The van der Waals surface area contributed by atoms with Crippen molar-refractivity contribution in [3.8, 4) is 0 Å². The molecule has 1 amide bonds. The van der Waals surface area contributed by atoms with E-state index in [1.165, 1.54) is 35.9 Å². The molecule has 0 atom stereocenters. The van der Waals surface area contributed by atoms with Crippen LogP contribution in [0.2, 0.25) is 0 Å². The van der Waals surface area contributed by atoms with Crippen LogP contribution in [0.3, 0.4) is 0 Å². The zero-order chi connectivity index (χ0) is 13.8. The zero-order valence-corrected chi connectivity index (χ0v) is 11.1. The van der Waals surface area contributed by atoms with Gasteiger partial charge in [0.25, 0.3) is 5.91 Å². The van der Waals surface area contributed by atoms with Gasteiger partial charge >= 0.3 is 0 Å². The standard InChI is InChI=1S/C14H19FN2O2/c1-17(6-7-19-9-10-2-3-10)14(18)12-8-11(15)4-5-13(12)16/h4-5,8,10H,2-3,6-7,9,16H2,1H3. The fraction of sp³-hybridized carbons (Fsp3) is 0.500. The van der Waals surface area contributed by atoms with Crippen LogP contribution in [-0.4, -0.2) is 37.6 Å². The minimum Gasteiger partial charge on any atom is -0.398 e. The van der Waals surface area contributed by atoms with Gasteiger partial charge in [0.1, 0.15) is 5.82 Å². The molecule has 2 rings (SSSR count). The van der Waals surface area contributed by atoms with Gasteiger partial charge in [-0.1, -0.05) is 0 Å². The number of carbonyl (C=O) groups is 1. The number of ether oxygens (including phenoxy) is 1. The summed E-state index contributed by atoms with van der Waals surface area (Å²) in [5.74, 6) is -0.0390. The van der Waals surface area contributed by atoms with Gasteiger partial charge in [-0.2, -0.15) is 0 Å². The first-order chi connectivity index (χ1) is 9.08. The summed E-state index contributed by atoms with van der Waals surface area (Å²) in [6, 6.07) is 3.81. The minimum atomic E-state index is -0.462. The molecule has 104 valence electrons. The van der Waals surface area contributed by atoms with Gasteiger partial charge in [-0.15, -0.1) is 0 Å². The van der Waals surface area contributed by atoms with Crippen molar-refractivity contribution in [2.75, 3.05) is 32.5 Å². The number of carbonyl (C=O) groups excluding carboxylic acids is 1. The largest absolute Gasteiger partial charge is 0.398 e. The number of halogens is 1. The summed E-state index contributed by atoms with van der Waals surface area (Å²) in [5, 5.41) is 0. The maximum atomic E-state index is 13.1. The number of hydrogen-bond donors (Lipinski definition) is 1. The summed E-state index contributed by atoms with van der Waals surface area (Å²) in [6.07, 6.45) is 2.49. The van der Waals surface area contributed by atoms with Crippen LogP contribution in [0.4, 0.5) is 10.1 Å². The number of hydrogen-bond acceptors (Lipinski definition) is 3. The Morgan fingerprint density at radius 1 is 1.53 bits per heavy atom. The molecule has 0 radical (unpaired) electrons. The molecule has 0 aliphatic heterocycles. The van der Waals surface area contributed by atoms with Crippen molar-refractivity contribution in [1.29, 1.82) is 0 Å². The molecule has 0 saturated heterocycles. The van der Waals surface area contributed by atoms with Gasteiger partial charge < -0.3 is 15.4 Å². The van der Waals surface area contributed by atoms with E-state index in [4.69, 9.17) is 10.5 Å². The van der Waals surface area contributed by atoms with Crippen molar-refractivity contribution < 1.29 is 13.9 Å². The smallest absolute Gasteiger partial charge is 0.255 e. The third-order valence-corrected chi connectivity index (χ3v) is 3.21. The number of nitrogens with two attached hydrogens (primary N) is 1. The number of nitrogen functional groups attached to an aromatic ring is 1. The Kier molecular flexibility index (Phi) is 4.37. The van der Waals surface area contributed by atoms with Crippen molar-refractivity contribution in [1.82, 2.24) is 4.90 Å². The van der Waals surface area contributed by atoms with Gasteiger partial charge in [-0.25, -0.2) is 4.39 Å². The van der Waals surface area contributed by atoms with Crippen LogP contribution in [0.5, 0.6) is 0 Å². The number of benzene rings is 1. The summed E-state index contributed by atoms with van der Waals surface area (Å²) in [6.45, 7) is 1.74. The fourth-order valence-electron chi connectivity index (χ4n) is 1.76. The van der Waals surface area contributed by atoms with E-state index >= 15 is 0 Å². The molecule has 1 aliphatic rings. The van der Waals surface area contributed by atoms with E-state index in [2.05, 4.69) is 0 Å². The van der Waals surface area contributed by atoms with E-state index in [0.29, 0.717) is 19.1 Å². The molecular weight excluding hydrogens is 247 g/mol. The van der Waals surface area contributed by atoms with Crippen LogP contribution >= 0.6 is 0 Å². The Hall–Kier alpha value is -1.62. The molecule has 19 heavy (non-hydrogen) atoms. The Bertz CT molecular complexity index is 461. The maximum Gasteiger partial charge on any atom is 0.255 e. The predicted molar refractivity (Wildman–Crippen MR) is 71.3 cm³/mol. The summed E-state index contributed by atoms with van der Waals surface area (Å²) in [4.78, 5) is 13.6. The van der Waals surface area contributed by atoms with E-state index < -0.39 is 5.82 Å². The highest BCUT2D eigenvalue weighted by Gasteiger charge is 2.21. The van der Waals surface area contributed by atoms with Crippen molar-refractivity contribution in [3.05, 3.63) is 29.6 Å². The quantitative estimate of drug-likeness (QED) is 0.632. The van der Waals surface area contributed by atoms with E-state index in [0.717, 1.165) is 6.61 Å². The first kappa shape index (κ1) is 13.8. The number of anilines is 1. The monoisotopic (exact) mass is 266 g/mol. The Morgan fingerprint density at radius 2 is 2.26 bits per heavy atom. The molecule has 0 bridgehead atoms. The van der Waals surface area contributed by atoms with Crippen molar-refractivity contribution >= 4 is 11.6 Å². The van der Waals surface area contributed by atoms with Crippen LogP contribution in [0.15, 0.2) is 18.2 Å². The van der Waals surface area contributed by atoms with Crippen LogP contribution in [0.1, 0.15) is 23.2 Å². The average molecular weight is 266 g/mol. The fourth-order valence-corrected chi connectivity index (χ4v) is 1.76. The Morgan fingerprint density at radius 3 is 2.95 bits per heavy atom.